The number of hydrogen-bond donors (Lipinski definition) is 0. The Labute approximate surface area is 261 Å². The van der Waals surface area contributed by atoms with Gasteiger partial charge in [-0.1, -0.05) is 53.8 Å². The Morgan fingerprint density at radius 3 is 2.50 bits per heavy atom. The van der Waals surface area contributed by atoms with Gasteiger partial charge in [-0.05, 0) is 68.4 Å². The van der Waals surface area contributed by atoms with Gasteiger partial charge in [0, 0.05) is 24.0 Å². The Bertz CT molecular complexity index is 2000. The first-order chi connectivity index (χ1) is 21.4. The number of ether oxygens (including phenoxy) is 2. The van der Waals surface area contributed by atoms with Gasteiger partial charge in [0.25, 0.3) is 5.56 Å². The summed E-state index contributed by atoms with van der Waals surface area (Å²) in [5, 5.41) is 1.14. The number of aromatic nitrogens is 3. The fourth-order valence-electron chi connectivity index (χ4n) is 4.78. The van der Waals surface area contributed by atoms with Crippen LogP contribution in [0.1, 0.15) is 43.7 Å². The van der Waals surface area contributed by atoms with E-state index in [0.29, 0.717) is 36.8 Å². The minimum absolute atomic E-state index is 0.000991. The third kappa shape index (κ3) is 6.15. The van der Waals surface area contributed by atoms with Crippen LogP contribution in [0.5, 0.6) is 5.75 Å². The van der Waals surface area contributed by atoms with E-state index in [1.54, 1.807) is 48.2 Å². The number of rotatable bonds is 9. The second-order valence-corrected chi connectivity index (χ2v) is 11.9. The van der Waals surface area contributed by atoms with Crippen LogP contribution in [-0.2, 0) is 9.53 Å². The maximum absolute atomic E-state index is 14.1. The van der Waals surface area contributed by atoms with Crippen LogP contribution in [0.2, 0.25) is 0 Å². The first-order valence-corrected chi connectivity index (χ1v) is 15.6. The van der Waals surface area contributed by atoms with Crippen LogP contribution in [0.15, 0.2) is 115 Å². The number of hydrogen-bond acceptors (Lipinski definition) is 10. The number of carbonyl (C=O) groups is 1. The fraction of sp³-hybridized carbons (Fsp3) is 0.182. The standard InChI is InChI=1S/C33H28N4O5S2/c1-4-40-31(39)27-28(21-9-6-5-7-10-21)36-33-37(29(27)22-11-13-23(14-12-22)41-20(2)3)30(38)25(43-33)19-24-15-16-26(42-24)44-32-34-17-8-18-35-32/h5-20,29H,4H2,1-3H3/b25-19-/t29-/m0/s1. The maximum atomic E-state index is 14.1. The monoisotopic (exact) mass is 624 g/mol. The first-order valence-electron chi connectivity index (χ1n) is 14.0. The van der Waals surface area contributed by atoms with Gasteiger partial charge in [0.2, 0.25) is 0 Å². The van der Waals surface area contributed by atoms with Crippen LogP contribution < -0.4 is 19.6 Å². The van der Waals surface area contributed by atoms with Gasteiger partial charge in [0.1, 0.15) is 11.5 Å². The molecule has 0 spiro atoms. The van der Waals surface area contributed by atoms with Crippen molar-refractivity contribution in [3.8, 4) is 5.75 Å². The summed E-state index contributed by atoms with van der Waals surface area (Å²) in [7, 11) is 0. The molecule has 1 aliphatic rings. The van der Waals surface area contributed by atoms with E-state index in [0.717, 1.165) is 11.1 Å². The van der Waals surface area contributed by atoms with Crippen molar-refractivity contribution in [2.75, 3.05) is 6.61 Å². The molecular formula is C33H28N4O5S2. The van der Waals surface area contributed by atoms with Crippen LogP contribution in [0, 0.1) is 0 Å². The maximum Gasteiger partial charge on any atom is 0.338 e. The number of carbonyl (C=O) groups excluding carboxylic acids is 1. The Balaban J connectivity index is 1.51. The zero-order valence-corrected chi connectivity index (χ0v) is 25.8. The van der Waals surface area contributed by atoms with Crippen molar-refractivity contribution in [1.29, 1.82) is 0 Å². The number of nitrogens with zero attached hydrogens (tertiary/aromatic N) is 4. The van der Waals surface area contributed by atoms with Gasteiger partial charge in [-0.25, -0.2) is 19.8 Å². The third-order valence-corrected chi connectivity index (χ3v) is 8.35. The Morgan fingerprint density at radius 2 is 1.80 bits per heavy atom. The molecule has 0 bridgehead atoms. The van der Waals surface area contributed by atoms with Crippen LogP contribution >= 0.6 is 23.1 Å². The first kappa shape index (κ1) is 29.3. The predicted molar refractivity (Wildman–Crippen MR) is 168 cm³/mol. The molecule has 0 radical (unpaired) electrons. The number of esters is 1. The van der Waals surface area contributed by atoms with E-state index in [4.69, 9.17) is 18.9 Å². The molecule has 0 fully saturated rings. The van der Waals surface area contributed by atoms with Crippen LogP contribution in [0.25, 0.3) is 11.8 Å². The lowest BCUT2D eigenvalue weighted by atomic mass is 9.93. The van der Waals surface area contributed by atoms with Gasteiger partial charge in [-0.3, -0.25) is 9.36 Å². The van der Waals surface area contributed by atoms with Crippen molar-refractivity contribution >= 4 is 40.8 Å². The minimum Gasteiger partial charge on any atom is -0.491 e. The van der Waals surface area contributed by atoms with E-state index in [-0.39, 0.29) is 23.8 Å². The Morgan fingerprint density at radius 1 is 1.05 bits per heavy atom. The van der Waals surface area contributed by atoms with Crippen LogP contribution in [0.4, 0.5) is 0 Å². The fourth-order valence-corrected chi connectivity index (χ4v) is 6.44. The zero-order valence-electron chi connectivity index (χ0n) is 24.2. The summed E-state index contributed by atoms with van der Waals surface area (Å²) in [6, 6.07) is 21.4. The molecule has 1 aliphatic heterocycles. The lowest BCUT2D eigenvalue weighted by Gasteiger charge is -2.26. The summed E-state index contributed by atoms with van der Waals surface area (Å²) in [6.45, 7) is 5.84. The summed E-state index contributed by atoms with van der Waals surface area (Å²) in [5.74, 6) is 0.648. The van der Waals surface area contributed by atoms with E-state index in [9.17, 15) is 9.59 Å². The van der Waals surface area contributed by atoms with Gasteiger partial charge in [-0.2, -0.15) is 0 Å². The third-order valence-electron chi connectivity index (χ3n) is 6.55. The topological polar surface area (TPSA) is 109 Å². The molecule has 0 unspecified atom stereocenters. The normalized spacial score (nSPS) is 14.8. The van der Waals surface area contributed by atoms with E-state index in [1.165, 1.54) is 23.1 Å². The molecule has 0 amide bonds. The number of furan rings is 1. The van der Waals surface area contributed by atoms with E-state index >= 15 is 0 Å². The van der Waals surface area contributed by atoms with Crippen molar-refractivity contribution in [3.05, 3.63) is 127 Å². The average molecular weight is 625 g/mol. The van der Waals surface area contributed by atoms with Crippen LogP contribution in [-0.4, -0.2) is 33.2 Å². The molecule has 2 aromatic carbocycles. The Hall–Kier alpha value is -4.74. The molecule has 0 saturated carbocycles. The number of fused-ring (bicyclic) bond motifs is 1. The molecular weight excluding hydrogens is 597 g/mol. The highest BCUT2D eigenvalue weighted by molar-refractivity contribution is 7.99. The molecule has 6 rings (SSSR count). The van der Waals surface area contributed by atoms with Gasteiger partial charge < -0.3 is 13.9 Å². The van der Waals surface area contributed by atoms with Gasteiger partial charge >= 0.3 is 5.97 Å². The predicted octanol–water partition coefficient (Wildman–Crippen LogP) is 5.26. The lowest BCUT2D eigenvalue weighted by molar-refractivity contribution is -0.138. The molecule has 5 aromatic rings. The molecule has 1 atom stereocenters. The molecule has 4 heterocycles. The largest absolute Gasteiger partial charge is 0.491 e. The molecule has 11 heteroatoms. The molecule has 0 N–H and O–H groups in total. The Kier molecular flexibility index (Phi) is 8.58. The van der Waals surface area contributed by atoms with Crippen molar-refractivity contribution < 1.29 is 18.7 Å². The molecule has 222 valence electrons. The summed E-state index contributed by atoms with van der Waals surface area (Å²) in [6.07, 6.45) is 5.01. The highest BCUT2D eigenvalue weighted by Gasteiger charge is 2.35. The summed E-state index contributed by atoms with van der Waals surface area (Å²) in [5.41, 5.74) is 1.92. The van der Waals surface area contributed by atoms with Crippen molar-refractivity contribution in [2.45, 2.75) is 43.2 Å². The smallest absolute Gasteiger partial charge is 0.338 e. The quantitative estimate of drug-likeness (QED) is 0.162. The van der Waals surface area contributed by atoms with E-state index < -0.39 is 12.0 Å². The van der Waals surface area contributed by atoms with Crippen LogP contribution in [0.3, 0.4) is 0 Å². The summed E-state index contributed by atoms with van der Waals surface area (Å²) < 4.78 is 19.3. The second-order valence-electron chi connectivity index (χ2n) is 9.96. The van der Waals surface area contributed by atoms with Crippen molar-refractivity contribution in [3.63, 3.8) is 0 Å². The highest BCUT2D eigenvalue weighted by Crippen LogP contribution is 2.36. The molecule has 0 saturated heterocycles. The zero-order chi connectivity index (χ0) is 30.6. The lowest BCUT2D eigenvalue weighted by Crippen LogP contribution is -2.40. The second kappa shape index (κ2) is 12.9. The number of thiazole rings is 1. The van der Waals surface area contributed by atoms with Gasteiger partial charge in [-0.15, -0.1) is 0 Å². The molecule has 3 aromatic heterocycles. The molecule has 44 heavy (non-hydrogen) atoms. The molecule has 9 nitrogen and oxygen atoms in total. The number of benzene rings is 2. The van der Waals surface area contributed by atoms with Crippen molar-refractivity contribution in [1.82, 2.24) is 14.5 Å². The van der Waals surface area contributed by atoms with Gasteiger partial charge in [0.15, 0.2) is 15.1 Å². The van der Waals surface area contributed by atoms with E-state index in [2.05, 4.69) is 9.97 Å². The van der Waals surface area contributed by atoms with Crippen molar-refractivity contribution in [2.24, 2.45) is 4.99 Å². The summed E-state index contributed by atoms with van der Waals surface area (Å²) >= 11 is 2.51. The minimum atomic E-state index is -0.784. The summed E-state index contributed by atoms with van der Waals surface area (Å²) in [4.78, 5) is 41.5. The van der Waals surface area contributed by atoms with E-state index in [1.807, 2.05) is 68.4 Å². The van der Waals surface area contributed by atoms with Gasteiger partial charge in [0.05, 0.1) is 34.6 Å². The SMILES string of the molecule is CCOC(=O)C1=C(c2ccccc2)N=c2s/c(=C\c3ccc(Sc4ncccn4)o3)c(=O)n2[C@H]1c1ccc(OC(C)C)cc1. The average Bonchev–Trinajstić information content (AvgIpc) is 3.60. The molecule has 0 aliphatic carbocycles. The highest BCUT2D eigenvalue weighted by atomic mass is 32.2.